The molecule has 1 unspecified atom stereocenters. The second-order valence-electron chi connectivity index (χ2n) is 20.5. The van der Waals surface area contributed by atoms with Gasteiger partial charge in [0.15, 0.2) is 23.8 Å². The van der Waals surface area contributed by atoms with Crippen LogP contribution in [-0.2, 0) is 71.9 Å². The molecule has 0 radical (unpaired) electrons. The van der Waals surface area contributed by atoms with E-state index in [9.17, 15) is 28.8 Å². The number of amides is 2. The van der Waals surface area contributed by atoms with Gasteiger partial charge in [-0.25, -0.2) is 4.79 Å². The number of esters is 2. The highest BCUT2D eigenvalue weighted by atomic mass is 16.7. The minimum atomic E-state index is -1.50. The van der Waals surface area contributed by atoms with Gasteiger partial charge < -0.3 is 38.6 Å². The molecule has 0 aliphatic carbocycles. The molecule has 3 aromatic rings. The molecule has 5 heterocycles. The van der Waals surface area contributed by atoms with E-state index in [2.05, 4.69) is 15.3 Å². The summed E-state index contributed by atoms with van der Waals surface area (Å²) in [7, 11) is 5.21. The number of anilines is 1. The largest absolute Gasteiger partial charge is 0.458 e. The van der Waals surface area contributed by atoms with E-state index in [1.165, 1.54) is 25.9 Å². The number of cyclic esters (lactones) is 1. The molecule has 1 aromatic carbocycles. The van der Waals surface area contributed by atoms with Crippen LogP contribution in [0.2, 0.25) is 0 Å². The molecule has 6 rings (SSSR count). The third-order valence-corrected chi connectivity index (χ3v) is 14.7. The Kier molecular flexibility index (Phi) is 18.5. The molecule has 3 saturated heterocycles. The molecule has 13 atom stereocenters. The summed E-state index contributed by atoms with van der Waals surface area (Å²) >= 11 is 0. The van der Waals surface area contributed by atoms with Crippen molar-refractivity contribution in [1.29, 1.82) is 0 Å². The number of hydrogen-bond donors (Lipinski definition) is 1. The summed E-state index contributed by atoms with van der Waals surface area (Å²) < 4.78 is 37.4. The van der Waals surface area contributed by atoms with E-state index in [0.717, 1.165) is 17.0 Å². The molecular weight excluding hydrogens is 925 g/mol. The van der Waals surface area contributed by atoms with Crippen molar-refractivity contribution >= 4 is 41.2 Å². The number of pyridine rings is 2. The molecule has 2 aromatic heterocycles. The third kappa shape index (κ3) is 13.1. The number of methoxy groups -OCH3 is 1. The fourth-order valence-corrected chi connectivity index (χ4v) is 10.6. The van der Waals surface area contributed by atoms with Gasteiger partial charge in [0.05, 0.1) is 47.8 Å². The Morgan fingerprint density at radius 3 is 2.04 bits per heavy atom. The van der Waals surface area contributed by atoms with E-state index in [1.807, 2.05) is 79.3 Å². The minimum Gasteiger partial charge on any atom is -0.458 e. The summed E-state index contributed by atoms with van der Waals surface area (Å²) in [6, 6.07) is 17.4. The summed E-state index contributed by atoms with van der Waals surface area (Å²) in [5.74, 6) is -6.20. The normalized spacial score (nSPS) is 31.6. The average Bonchev–Trinajstić information content (AvgIpc) is 3.61. The van der Waals surface area contributed by atoms with Crippen LogP contribution >= 0.6 is 0 Å². The van der Waals surface area contributed by atoms with Crippen molar-refractivity contribution in [1.82, 2.24) is 24.7 Å². The van der Waals surface area contributed by atoms with Crippen molar-refractivity contribution in [3.05, 3.63) is 90.0 Å². The molecule has 18 nitrogen and oxygen atoms in total. The Labute approximate surface area is 423 Å². The predicted molar refractivity (Wildman–Crippen MR) is 266 cm³/mol. The number of benzene rings is 1. The zero-order chi connectivity index (χ0) is 52.7. The monoisotopic (exact) mass is 999 g/mol. The average molecular weight is 999 g/mol. The maximum absolute atomic E-state index is 14.9. The number of nitrogens with one attached hydrogen (secondary N) is 1. The van der Waals surface area contributed by atoms with Crippen molar-refractivity contribution < 1.29 is 57.2 Å². The van der Waals surface area contributed by atoms with E-state index in [4.69, 9.17) is 28.4 Å². The maximum atomic E-state index is 14.9. The number of rotatable bonds is 15. The van der Waals surface area contributed by atoms with Crippen LogP contribution in [-0.4, -0.2) is 148 Å². The first-order valence-electron chi connectivity index (χ1n) is 24.9. The van der Waals surface area contributed by atoms with Crippen molar-refractivity contribution in [3.8, 4) is 0 Å². The Hall–Kier alpha value is -5.66. The van der Waals surface area contributed by atoms with E-state index >= 15 is 0 Å². The Morgan fingerprint density at radius 1 is 0.861 bits per heavy atom. The lowest BCUT2D eigenvalue weighted by molar-refractivity contribution is -0.298. The van der Waals surface area contributed by atoms with E-state index in [1.54, 1.807) is 66.1 Å². The third-order valence-electron chi connectivity index (χ3n) is 14.7. The van der Waals surface area contributed by atoms with Crippen LogP contribution in [0.1, 0.15) is 92.1 Å². The Balaban J connectivity index is 1.21. The smallest absolute Gasteiger partial charge is 0.410 e. The standard InChI is InChI=1S/C54H74N6O12/c1-32-28-53(8,67-12)49(71-51-47(70-38(7)61)43(58(10)11)27-33(2)68-51)35(4)46(64)36(5)50(65)69-37(6)54(9)48(34(3)45(32)63)60(52(66)72-54)26-23-39-19-21-40(22-20-39)57-44(62)31-59(29-41-17-13-15-24-55-41)30-42-18-14-16-25-56-42/h13-22,24-25,32-37,43,47-49,51H,23,26-31H2,1-12H3,(H,57,62)/t32-,33-,34+,35+,36-,37-,43+,47-,48-,49-,51+,53?,54-/m1/s1. The summed E-state index contributed by atoms with van der Waals surface area (Å²) in [5.41, 5.74) is 0.228. The van der Waals surface area contributed by atoms with Gasteiger partial charge in [-0.3, -0.25) is 43.7 Å². The van der Waals surface area contributed by atoms with Gasteiger partial charge in [0.1, 0.15) is 17.8 Å². The van der Waals surface area contributed by atoms with Crippen molar-refractivity contribution in [2.75, 3.05) is 39.6 Å². The number of likely N-dealkylation sites (N-methyl/N-ethyl adjacent to an activating group) is 1. The molecule has 72 heavy (non-hydrogen) atoms. The molecule has 3 aliphatic heterocycles. The first kappa shape index (κ1) is 55.7. The van der Waals surface area contributed by atoms with Gasteiger partial charge in [-0.05, 0) is 110 Å². The second kappa shape index (κ2) is 23.9. The number of carbonyl (C=O) groups is 6. The highest BCUT2D eigenvalue weighted by molar-refractivity contribution is 6.00. The minimum absolute atomic E-state index is 0.0641. The molecule has 18 heteroatoms. The topological polar surface area (TPSA) is 205 Å². The number of nitrogens with zero attached hydrogens (tertiary/aromatic N) is 5. The maximum Gasteiger partial charge on any atom is 0.410 e. The molecule has 0 spiro atoms. The molecule has 0 saturated carbocycles. The summed E-state index contributed by atoms with van der Waals surface area (Å²) in [4.78, 5) is 97.7. The Bertz CT molecular complexity index is 2320. The van der Waals surface area contributed by atoms with Gasteiger partial charge in [0, 0.05) is 69.5 Å². The van der Waals surface area contributed by atoms with E-state index in [-0.39, 0.29) is 43.3 Å². The molecule has 1 N–H and O–H groups in total. The number of Topliss-reactive ketones (excluding diaryl/α,β-unsaturated/α-hetero) is 2. The van der Waals surface area contributed by atoms with Crippen LogP contribution in [0.25, 0.3) is 0 Å². The van der Waals surface area contributed by atoms with Crippen molar-refractivity contribution in [2.45, 2.75) is 149 Å². The van der Waals surface area contributed by atoms with Crippen LogP contribution < -0.4 is 5.32 Å². The van der Waals surface area contributed by atoms with Crippen LogP contribution in [0.15, 0.2) is 73.1 Å². The molecular formula is C54H74N6O12. The SMILES string of the molecule is COC1(C)C[C@@H](C)C(=O)[C@H](C)[C@H]2N(CCc3ccc(NC(=O)CN(Cc4ccccn4)Cc4ccccn4)cc3)C(=O)O[C@]2(C)[C@@H](C)OC(=O)[C@H](C)C(=O)[C@H](C)[C@H]1O[C@@H]1O[C@H](C)C[C@H](N(C)C)[C@H]1OC(C)=O. The molecule has 3 aliphatic rings. The van der Waals surface area contributed by atoms with Gasteiger partial charge in [-0.2, -0.15) is 0 Å². The fraction of sp³-hybridized carbons (Fsp3) is 0.593. The van der Waals surface area contributed by atoms with Crippen LogP contribution in [0.5, 0.6) is 0 Å². The highest BCUT2D eigenvalue weighted by Gasteiger charge is 2.60. The van der Waals surface area contributed by atoms with Gasteiger partial charge in [0.2, 0.25) is 5.91 Å². The van der Waals surface area contributed by atoms with Gasteiger partial charge in [-0.1, -0.05) is 45.0 Å². The van der Waals surface area contributed by atoms with Crippen molar-refractivity contribution in [2.24, 2.45) is 23.7 Å². The summed E-state index contributed by atoms with van der Waals surface area (Å²) in [6.45, 7) is 15.9. The lowest BCUT2D eigenvalue weighted by atomic mass is 9.73. The summed E-state index contributed by atoms with van der Waals surface area (Å²) in [5, 5.41) is 2.99. The molecule has 3 fully saturated rings. The first-order chi connectivity index (χ1) is 34.0. The van der Waals surface area contributed by atoms with Crippen molar-refractivity contribution in [3.63, 3.8) is 0 Å². The lowest BCUT2D eigenvalue weighted by Gasteiger charge is -2.47. The van der Waals surface area contributed by atoms with Gasteiger partial charge >= 0.3 is 18.0 Å². The van der Waals surface area contributed by atoms with E-state index < -0.39 is 89.3 Å². The van der Waals surface area contributed by atoms with Crippen LogP contribution in [0.4, 0.5) is 10.5 Å². The van der Waals surface area contributed by atoms with Crippen LogP contribution in [0.3, 0.4) is 0 Å². The highest BCUT2D eigenvalue weighted by Crippen LogP contribution is 2.42. The lowest BCUT2D eigenvalue weighted by Crippen LogP contribution is -2.60. The van der Waals surface area contributed by atoms with Crippen LogP contribution in [0, 0.1) is 23.7 Å². The predicted octanol–water partition coefficient (Wildman–Crippen LogP) is 6.04. The summed E-state index contributed by atoms with van der Waals surface area (Å²) in [6.07, 6.45) is -0.833. The second-order valence-corrected chi connectivity index (χ2v) is 20.5. The Morgan fingerprint density at radius 2 is 1.49 bits per heavy atom. The first-order valence-corrected chi connectivity index (χ1v) is 24.9. The molecule has 2 amide bonds. The number of aromatic nitrogens is 2. The number of carbonyl (C=O) groups excluding carboxylic acids is 6. The number of hydrogen-bond acceptors (Lipinski definition) is 16. The zero-order valence-electron chi connectivity index (χ0n) is 43.9. The number of ether oxygens (including phenoxy) is 6. The zero-order valence-corrected chi connectivity index (χ0v) is 43.9. The van der Waals surface area contributed by atoms with E-state index in [0.29, 0.717) is 31.6 Å². The number of ketones is 2. The number of fused-ring (bicyclic) bond motifs is 1. The quantitative estimate of drug-likeness (QED) is 0.105. The molecule has 0 bridgehead atoms. The van der Waals surface area contributed by atoms with Gasteiger partial charge in [0.25, 0.3) is 0 Å². The van der Waals surface area contributed by atoms with Gasteiger partial charge in [-0.15, -0.1) is 0 Å². The molecule has 392 valence electrons. The fourth-order valence-electron chi connectivity index (χ4n) is 10.6.